The minimum Gasteiger partial charge on any atom is -0.480 e. The lowest BCUT2D eigenvalue weighted by Gasteiger charge is -2.12. The van der Waals surface area contributed by atoms with Gasteiger partial charge in [0, 0.05) is 17.5 Å². The normalized spacial score (nSPS) is 11.9. The van der Waals surface area contributed by atoms with E-state index in [1.807, 2.05) is 0 Å². The lowest BCUT2D eigenvalue weighted by Crippen LogP contribution is -2.35. The highest BCUT2D eigenvalue weighted by Crippen LogP contribution is 2.29. The number of benzene rings is 2. The highest BCUT2D eigenvalue weighted by molar-refractivity contribution is 6.34. The molecule has 0 fully saturated rings. The number of aromatic nitrogens is 2. The van der Waals surface area contributed by atoms with Crippen molar-refractivity contribution in [2.24, 2.45) is 5.73 Å². The van der Waals surface area contributed by atoms with Crippen LogP contribution in [0.25, 0.3) is 10.9 Å². The lowest BCUT2D eigenvalue weighted by molar-refractivity contribution is -0.137. The second kappa shape index (κ2) is 11.7. The van der Waals surface area contributed by atoms with Crippen molar-refractivity contribution >= 4 is 46.0 Å². The van der Waals surface area contributed by atoms with Crippen LogP contribution in [0.4, 0.5) is 10.1 Å². The first-order valence-corrected chi connectivity index (χ1v) is 10.9. The van der Waals surface area contributed by atoms with Crippen LogP contribution in [0.15, 0.2) is 36.4 Å². The summed E-state index contributed by atoms with van der Waals surface area (Å²) in [6.07, 6.45) is -0.694. The first-order valence-electron chi connectivity index (χ1n) is 10.5. The van der Waals surface area contributed by atoms with Gasteiger partial charge in [0.15, 0.2) is 5.69 Å². The maximum atomic E-state index is 14.8. The van der Waals surface area contributed by atoms with Gasteiger partial charge in [0.25, 0.3) is 5.91 Å². The fourth-order valence-corrected chi connectivity index (χ4v) is 3.49. The first-order chi connectivity index (χ1) is 16.7. The average molecular weight is 507 g/mol. The Morgan fingerprint density at radius 3 is 2.66 bits per heavy atom. The molecule has 35 heavy (non-hydrogen) atoms. The molecule has 0 aliphatic heterocycles. The molecule has 3 aromatic rings. The summed E-state index contributed by atoms with van der Waals surface area (Å²) in [5.74, 6) is -3.03. The number of nitrogens with zero attached hydrogens (tertiary/aromatic N) is 2. The highest BCUT2D eigenvalue weighted by Gasteiger charge is 2.20. The van der Waals surface area contributed by atoms with Gasteiger partial charge in [0.1, 0.15) is 23.6 Å². The average Bonchev–Trinajstić information content (AvgIpc) is 3.17. The number of halogens is 2. The molecule has 0 radical (unpaired) electrons. The van der Waals surface area contributed by atoms with Crippen molar-refractivity contribution in [3.63, 3.8) is 0 Å². The van der Waals surface area contributed by atoms with E-state index >= 15 is 0 Å². The zero-order valence-corrected chi connectivity index (χ0v) is 19.2. The summed E-state index contributed by atoms with van der Waals surface area (Å²) in [5, 5.41) is 30.1. The molecule has 2 aromatic carbocycles. The van der Waals surface area contributed by atoms with Crippen LogP contribution >= 0.6 is 11.6 Å². The summed E-state index contributed by atoms with van der Waals surface area (Å²) in [6.45, 7) is -0.277. The van der Waals surface area contributed by atoms with Crippen molar-refractivity contribution in [1.29, 1.82) is 0 Å². The van der Waals surface area contributed by atoms with Gasteiger partial charge in [-0.3, -0.25) is 19.1 Å². The van der Waals surface area contributed by atoms with Crippen molar-refractivity contribution in [3.05, 3.63) is 58.5 Å². The smallest absolute Gasteiger partial charge is 0.325 e. The number of rotatable bonds is 11. The summed E-state index contributed by atoms with van der Waals surface area (Å²) < 4.78 is 16.0. The third kappa shape index (κ3) is 6.73. The minimum absolute atomic E-state index is 0.0110. The van der Waals surface area contributed by atoms with E-state index in [2.05, 4.69) is 21.0 Å². The molecular weight excluding hydrogens is 483 g/mol. The van der Waals surface area contributed by atoms with Crippen LogP contribution in [0.2, 0.25) is 5.02 Å². The number of aliphatic carboxylic acids is 1. The molecule has 13 heteroatoms. The van der Waals surface area contributed by atoms with Crippen molar-refractivity contribution in [3.8, 4) is 0 Å². The standard InChI is InChI=1S/C22H24ClFN6O5/c23-19-14(6-5-12(20(19)24)9-27-17(32)10-26-8-7-16(25)31)28-22(35)21-13-3-1-2-4-15(13)30(29-21)11-18(33)34/h1-6,16,26,31H,7-11,25H2,(H,27,32)(H,28,35)(H,33,34). The number of fused-ring (bicyclic) bond motifs is 1. The van der Waals surface area contributed by atoms with E-state index in [4.69, 9.17) is 27.5 Å². The monoisotopic (exact) mass is 506 g/mol. The largest absolute Gasteiger partial charge is 0.480 e. The van der Waals surface area contributed by atoms with Gasteiger partial charge in [-0.25, -0.2) is 4.39 Å². The Bertz CT molecular complexity index is 1250. The molecular formula is C22H24ClFN6O5. The summed E-state index contributed by atoms with van der Waals surface area (Å²) in [4.78, 5) is 35.9. The molecule has 0 aliphatic rings. The summed E-state index contributed by atoms with van der Waals surface area (Å²) in [6, 6.07) is 9.39. The van der Waals surface area contributed by atoms with Crippen LogP contribution in [0.5, 0.6) is 0 Å². The molecule has 7 N–H and O–H groups in total. The van der Waals surface area contributed by atoms with Crippen LogP contribution in [-0.2, 0) is 22.7 Å². The van der Waals surface area contributed by atoms with Crippen LogP contribution in [0, 0.1) is 5.82 Å². The fourth-order valence-electron chi connectivity index (χ4n) is 3.26. The van der Waals surface area contributed by atoms with Gasteiger partial charge in [-0.05, 0) is 25.1 Å². The Morgan fingerprint density at radius 1 is 1.20 bits per heavy atom. The van der Waals surface area contributed by atoms with Gasteiger partial charge >= 0.3 is 5.97 Å². The summed E-state index contributed by atoms with van der Waals surface area (Å²) in [5.41, 5.74) is 5.71. The molecule has 1 aromatic heterocycles. The Labute approximate surface area is 204 Å². The third-order valence-electron chi connectivity index (χ3n) is 4.95. The van der Waals surface area contributed by atoms with Crippen molar-refractivity contribution in [1.82, 2.24) is 20.4 Å². The topological polar surface area (TPSA) is 172 Å². The van der Waals surface area contributed by atoms with Gasteiger partial charge in [0.05, 0.1) is 17.7 Å². The van der Waals surface area contributed by atoms with Crippen LogP contribution < -0.4 is 21.7 Å². The van der Waals surface area contributed by atoms with Gasteiger partial charge in [-0.15, -0.1) is 0 Å². The Hall–Kier alpha value is -3.58. The van der Waals surface area contributed by atoms with E-state index in [0.717, 1.165) is 0 Å². The number of carboxylic acids is 1. The van der Waals surface area contributed by atoms with Crippen molar-refractivity contribution < 1.29 is 29.0 Å². The predicted octanol–water partition coefficient (Wildman–Crippen LogP) is 1.04. The Balaban J connectivity index is 1.68. The number of nitrogens with two attached hydrogens (primary N) is 1. The number of hydrogen-bond acceptors (Lipinski definition) is 7. The molecule has 0 saturated heterocycles. The second-order valence-corrected chi connectivity index (χ2v) is 7.96. The number of anilines is 1. The minimum atomic E-state index is -1.12. The second-order valence-electron chi connectivity index (χ2n) is 7.58. The number of aliphatic hydroxyl groups excluding tert-OH is 1. The molecule has 186 valence electrons. The Kier molecular flexibility index (Phi) is 8.71. The molecule has 0 saturated carbocycles. The molecule has 1 unspecified atom stereocenters. The number of carbonyl (C=O) groups excluding carboxylic acids is 2. The van der Waals surface area contributed by atoms with Gasteiger partial charge in [-0.2, -0.15) is 5.10 Å². The fraction of sp³-hybridized carbons (Fsp3) is 0.273. The van der Waals surface area contributed by atoms with E-state index in [0.29, 0.717) is 17.4 Å². The first kappa shape index (κ1) is 26.0. The molecule has 11 nitrogen and oxygen atoms in total. The number of nitrogens with one attached hydrogen (secondary N) is 3. The quantitative estimate of drug-likeness (QED) is 0.165. The molecule has 2 amide bonds. The number of carboxylic acid groups (broad SMARTS) is 1. The zero-order valence-electron chi connectivity index (χ0n) is 18.4. The van der Waals surface area contributed by atoms with E-state index in [1.165, 1.54) is 16.8 Å². The molecule has 3 rings (SSSR count). The van der Waals surface area contributed by atoms with E-state index in [1.54, 1.807) is 24.3 Å². The number of hydrogen-bond donors (Lipinski definition) is 6. The molecule has 1 heterocycles. The summed E-state index contributed by atoms with van der Waals surface area (Å²) >= 11 is 6.12. The Morgan fingerprint density at radius 2 is 1.94 bits per heavy atom. The maximum absolute atomic E-state index is 14.8. The van der Waals surface area contributed by atoms with E-state index < -0.39 is 36.4 Å². The molecule has 0 spiro atoms. The summed E-state index contributed by atoms with van der Waals surface area (Å²) in [7, 11) is 0. The van der Waals surface area contributed by atoms with Gasteiger partial charge in [0.2, 0.25) is 5.91 Å². The highest BCUT2D eigenvalue weighted by atomic mass is 35.5. The molecule has 0 bridgehead atoms. The van der Waals surface area contributed by atoms with Gasteiger partial charge < -0.3 is 31.9 Å². The van der Waals surface area contributed by atoms with Gasteiger partial charge in [-0.1, -0.05) is 35.9 Å². The predicted molar refractivity (Wildman–Crippen MR) is 126 cm³/mol. The van der Waals surface area contributed by atoms with Crippen LogP contribution in [0.3, 0.4) is 0 Å². The number of aliphatic hydroxyl groups is 1. The number of carbonyl (C=O) groups is 3. The van der Waals surface area contributed by atoms with Crippen molar-refractivity contribution in [2.45, 2.75) is 25.7 Å². The van der Waals surface area contributed by atoms with E-state index in [-0.39, 0.29) is 41.5 Å². The SMILES string of the molecule is NC(O)CCNCC(=O)NCc1ccc(NC(=O)c2nn(CC(=O)O)c3ccccc23)c(Cl)c1F. The molecule has 1 atom stereocenters. The molecule has 0 aliphatic carbocycles. The van der Waals surface area contributed by atoms with Crippen molar-refractivity contribution in [2.75, 3.05) is 18.4 Å². The third-order valence-corrected chi connectivity index (χ3v) is 5.32. The van der Waals surface area contributed by atoms with Crippen LogP contribution in [-0.4, -0.2) is 57.1 Å². The lowest BCUT2D eigenvalue weighted by atomic mass is 10.1. The maximum Gasteiger partial charge on any atom is 0.325 e. The number of para-hydroxylation sites is 1. The zero-order chi connectivity index (χ0) is 25.5. The van der Waals surface area contributed by atoms with Crippen LogP contribution in [0.1, 0.15) is 22.5 Å². The number of amides is 2. The van der Waals surface area contributed by atoms with E-state index in [9.17, 15) is 18.8 Å².